The Bertz CT molecular complexity index is 197. The Labute approximate surface area is 93.6 Å². The summed E-state index contributed by atoms with van der Waals surface area (Å²) in [6.07, 6.45) is 12.1. The van der Waals surface area contributed by atoms with Gasteiger partial charge in [-0.2, -0.15) is 0 Å². The summed E-state index contributed by atoms with van der Waals surface area (Å²) in [6.45, 7) is 2.09. The van der Waals surface area contributed by atoms with Gasteiger partial charge in [0, 0.05) is 6.04 Å². The molecule has 0 aromatic heterocycles. The second kappa shape index (κ2) is 4.84. The van der Waals surface area contributed by atoms with Gasteiger partial charge < -0.3 is 10.5 Å². The van der Waals surface area contributed by atoms with Crippen LogP contribution in [0.3, 0.4) is 0 Å². The zero-order valence-corrected chi connectivity index (χ0v) is 10.0. The monoisotopic (exact) mass is 211 g/mol. The highest BCUT2D eigenvalue weighted by Crippen LogP contribution is 2.42. The summed E-state index contributed by atoms with van der Waals surface area (Å²) >= 11 is 0. The van der Waals surface area contributed by atoms with Gasteiger partial charge in [0.15, 0.2) is 0 Å². The Morgan fingerprint density at radius 1 is 1.27 bits per heavy atom. The normalized spacial score (nSPS) is 32.0. The molecule has 0 bridgehead atoms. The largest absolute Gasteiger partial charge is 0.372 e. The van der Waals surface area contributed by atoms with Crippen LogP contribution in [0.5, 0.6) is 0 Å². The molecule has 0 aromatic rings. The predicted molar refractivity (Wildman–Crippen MR) is 62.8 cm³/mol. The lowest BCUT2D eigenvalue weighted by atomic mass is 9.83. The second-order valence-corrected chi connectivity index (χ2v) is 5.58. The standard InChI is InChI=1S/C13H25NO/c1-11(14)5-6-12-7-10-13(15-12)8-3-2-4-9-13/h11-12H,2-10,14H2,1H3. The first kappa shape index (κ1) is 11.4. The molecule has 1 saturated heterocycles. The van der Waals surface area contributed by atoms with E-state index in [1.54, 1.807) is 0 Å². The fourth-order valence-electron chi connectivity index (χ4n) is 3.11. The van der Waals surface area contributed by atoms with Crippen molar-refractivity contribution in [2.45, 2.75) is 82.5 Å². The van der Waals surface area contributed by atoms with Gasteiger partial charge in [-0.15, -0.1) is 0 Å². The van der Waals surface area contributed by atoms with Crippen LogP contribution in [0.4, 0.5) is 0 Å². The Morgan fingerprint density at radius 2 is 2.00 bits per heavy atom. The van der Waals surface area contributed by atoms with Crippen molar-refractivity contribution in [1.29, 1.82) is 0 Å². The molecular formula is C13H25NO. The van der Waals surface area contributed by atoms with Crippen LogP contribution in [-0.4, -0.2) is 17.7 Å². The molecule has 2 heteroatoms. The molecule has 0 aromatic carbocycles. The number of rotatable bonds is 3. The smallest absolute Gasteiger partial charge is 0.0687 e. The fraction of sp³-hybridized carbons (Fsp3) is 1.00. The van der Waals surface area contributed by atoms with Gasteiger partial charge >= 0.3 is 0 Å². The SMILES string of the molecule is CC(N)CCC1CCC2(CCCCC2)O1. The molecule has 2 atom stereocenters. The van der Waals surface area contributed by atoms with Crippen LogP contribution < -0.4 is 5.73 Å². The van der Waals surface area contributed by atoms with E-state index in [9.17, 15) is 0 Å². The third kappa shape index (κ3) is 2.94. The average Bonchev–Trinajstić information content (AvgIpc) is 2.60. The highest BCUT2D eigenvalue weighted by atomic mass is 16.5. The summed E-state index contributed by atoms with van der Waals surface area (Å²) in [5.41, 5.74) is 6.08. The van der Waals surface area contributed by atoms with E-state index in [0.29, 0.717) is 17.7 Å². The highest BCUT2D eigenvalue weighted by molar-refractivity contribution is 4.91. The van der Waals surface area contributed by atoms with Gasteiger partial charge in [-0.3, -0.25) is 0 Å². The second-order valence-electron chi connectivity index (χ2n) is 5.58. The van der Waals surface area contributed by atoms with Gasteiger partial charge in [0.25, 0.3) is 0 Å². The molecule has 2 fully saturated rings. The van der Waals surface area contributed by atoms with Gasteiger partial charge in [0.1, 0.15) is 0 Å². The minimum atomic E-state index is 0.292. The maximum atomic E-state index is 6.28. The average molecular weight is 211 g/mol. The molecule has 15 heavy (non-hydrogen) atoms. The quantitative estimate of drug-likeness (QED) is 0.779. The van der Waals surface area contributed by atoms with E-state index in [0.717, 1.165) is 6.42 Å². The van der Waals surface area contributed by atoms with Crippen LogP contribution in [0.15, 0.2) is 0 Å². The summed E-state index contributed by atoms with van der Waals surface area (Å²) in [4.78, 5) is 0. The van der Waals surface area contributed by atoms with Gasteiger partial charge in [-0.1, -0.05) is 19.3 Å². The van der Waals surface area contributed by atoms with Crippen LogP contribution >= 0.6 is 0 Å². The third-order valence-electron chi connectivity index (χ3n) is 4.05. The molecule has 2 nitrogen and oxygen atoms in total. The zero-order chi connectivity index (χ0) is 10.7. The molecular weight excluding hydrogens is 186 g/mol. The van der Waals surface area contributed by atoms with Crippen molar-refractivity contribution in [3.63, 3.8) is 0 Å². The molecule has 88 valence electrons. The molecule has 0 amide bonds. The molecule has 2 unspecified atom stereocenters. The molecule has 1 heterocycles. The highest BCUT2D eigenvalue weighted by Gasteiger charge is 2.40. The maximum absolute atomic E-state index is 6.28. The van der Waals surface area contributed by atoms with Crippen molar-refractivity contribution in [1.82, 2.24) is 0 Å². The van der Waals surface area contributed by atoms with E-state index in [1.807, 2.05) is 0 Å². The van der Waals surface area contributed by atoms with E-state index in [-0.39, 0.29) is 0 Å². The van der Waals surface area contributed by atoms with Crippen LogP contribution in [0.25, 0.3) is 0 Å². The van der Waals surface area contributed by atoms with Crippen molar-refractivity contribution >= 4 is 0 Å². The summed E-state index contributed by atoms with van der Waals surface area (Å²) in [6, 6.07) is 0.330. The van der Waals surface area contributed by atoms with Crippen molar-refractivity contribution in [3.05, 3.63) is 0 Å². The Balaban J connectivity index is 1.78. The number of hydrogen-bond acceptors (Lipinski definition) is 2. The molecule has 2 aliphatic rings. The molecule has 2 N–H and O–H groups in total. The van der Waals surface area contributed by atoms with E-state index in [4.69, 9.17) is 10.5 Å². The number of hydrogen-bond donors (Lipinski definition) is 1. The molecule has 1 spiro atoms. The summed E-state index contributed by atoms with van der Waals surface area (Å²) in [5, 5.41) is 0. The topological polar surface area (TPSA) is 35.2 Å². The predicted octanol–water partition coefficient (Wildman–Crippen LogP) is 3.00. The molecule has 0 radical (unpaired) electrons. The first-order valence-corrected chi connectivity index (χ1v) is 6.64. The first-order valence-electron chi connectivity index (χ1n) is 6.64. The maximum Gasteiger partial charge on any atom is 0.0687 e. The third-order valence-corrected chi connectivity index (χ3v) is 4.05. The van der Waals surface area contributed by atoms with E-state index in [2.05, 4.69) is 6.92 Å². The van der Waals surface area contributed by atoms with Gasteiger partial charge in [0.05, 0.1) is 11.7 Å². The van der Waals surface area contributed by atoms with E-state index in [1.165, 1.54) is 51.4 Å². The first-order chi connectivity index (χ1) is 7.20. The zero-order valence-electron chi connectivity index (χ0n) is 10.0. The van der Waals surface area contributed by atoms with Crippen molar-refractivity contribution < 1.29 is 4.74 Å². The summed E-state index contributed by atoms with van der Waals surface area (Å²) in [7, 11) is 0. The van der Waals surface area contributed by atoms with Crippen molar-refractivity contribution in [2.75, 3.05) is 0 Å². The minimum Gasteiger partial charge on any atom is -0.372 e. The lowest BCUT2D eigenvalue weighted by Crippen LogP contribution is -2.32. The van der Waals surface area contributed by atoms with Crippen molar-refractivity contribution in [3.8, 4) is 0 Å². The number of nitrogens with two attached hydrogens (primary N) is 1. The van der Waals surface area contributed by atoms with Crippen LogP contribution in [0, 0.1) is 0 Å². The fourth-order valence-corrected chi connectivity index (χ4v) is 3.11. The van der Waals surface area contributed by atoms with Crippen LogP contribution in [-0.2, 0) is 4.74 Å². The number of ether oxygens (including phenoxy) is 1. The minimum absolute atomic E-state index is 0.292. The van der Waals surface area contributed by atoms with Crippen LogP contribution in [0.2, 0.25) is 0 Å². The molecule has 1 aliphatic carbocycles. The molecule has 1 aliphatic heterocycles. The van der Waals surface area contributed by atoms with Crippen LogP contribution in [0.1, 0.15) is 64.7 Å². The molecule has 1 saturated carbocycles. The Kier molecular flexibility index (Phi) is 3.68. The summed E-state index contributed by atoms with van der Waals surface area (Å²) in [5.74, 6) is 0. The summed E-state index contributed by atoms with van der Waals surface area (Å²) < 4.78 is 6.28. The molecule has 2 rings (SSSR count). The van der Waals surface area contributed by atoms with Gasteiger partial charge in [-0.05, 0) is 45.4 Å². The van der Waals surface area contributed by atoms with Gasteiger partial charge in [-0.25, -0.2) is 0 Å². The lowest BCUT2D eigenvalue weighted by Gasteiger charge is -2.33. The Morgan fingerprint density at radius 3 is 2.67 bits per heavy atom. The van der Waals surface area contributed by atoms with Crippen molar-refractivity contribution in [2.24, 2.45) is 5.73 Å². The Hall–Kier alpha value is -0.0800. The lowest BCUT2D eigenvalue weighted by molar-refractivity contribution is -0.0662. The van der Waals surface area contributed by atoms with Gasteiger partial charge in [0.2, 0.25) is 0 Å². The van der Waals surface area contributed by atoms with E-state index < -0.39 is 0 Å². The van der Waals surface area contributed by atoms with E-state index >= 15 is 0 Å².